The molecule has 1 atom stereocenters. The monoisotopic (exact) mass is 357 g/mol. The van der Waals surface area contributed by atoms with Crippen molar-refractivity contribution in [2.75, 3.05) is 14.2 Å². The van der Waals surface area contributed by atoms with Gasteiger partial charge in [0.2, 0.25) is 0 Å². The van der Waals surface area contributed by atoms with Gasteiger partial charge in [0.1, 0.15) is 23.3 Å². The molecule has 2 aromatic rings. The van der Waals surface area contributed by atoms with E-state index >= 15 is 0 Å². The van der Waals surface area contributed by atoms with Crippen LogP contribution in [0.25, 0.3) is 0 Å². The number of nitrogens with one attached hydrogen (secondary N) is 1. The van der Waals surface area contributed by atoms with Gasteiger partial charge in [-0.25, -0.2) is 0 Å². The molecule has 0 aliphatic rings. The van der Waals surface area contributed by atoms with Crippen molar-refractivity contribution >= 4 is 5.97 Å². The Labute approximate surface area is 155 Å². The zero-order valence-electron chi connectivity index (χ0n) is 16.3. The first-order chi connectivity index (χ1) is 12.3. The third kappa shape index (κ3) is 4.35. The van der Waals surface area contributed by atoms with E-state index in [9.17, 15) is 9.90 Å². The molecule has 2 N–H and O–H groups in total. The minimum atomic E-state index is -0.382. The summed E-state index contributed by atoms with van der Waals surface area (Å²) in [4.78, 5) is 11.8. The number of rotatable bonds is 6. The number of aromatic hydroxyl groups is 1. The Hall–Kier alpha value is -2.53. The number of ether oxygens (including phenoxy) is 2. The first-order valence-electron chi connectivity index (χ1n) is 8.60. The molecule has 5 heteroatoms. The fourth-order valence-electron chi connectivity index (χ4n) is 3.09. The second-order valence-electron chi connectivity index (χ2n) is 6.64. The number of esters is 1. The molecule has 0 aliphatic carbocycles. The summed E-state index contributed by atoms with van der Waals surface area (Å²) in [5.74, 6) is 1.50. The summed E-state index contributed by atoms with van der Waals surface area (Å²) in [5, 5.41) is 12.9. The molecule has 0 spiro atoms. The molecule has 5 nitrogen and oxygen atoms in total. The minimum Gasteiger partial charge on any atom is -0.507 e. The van der Waals surface area contributed by atoms with Gasteiger partial charge in [-0.2, -0.15) is 0 Å². The summed E-state index contributed by atoms with van der Waals surface area (Å²) in [6, 6.07) is 7.31. The van der Waals surface area contributed by atoms with Gasteiger partial charge in [0.05, 0.1) is 7.11 Å². The van der Waals surface area contributed by atoms with Gasteiger partial charge in [0, 0.05) is 0 Å². The van der Waals surface area contributed by atoms with Crippen molar-refractivity contribution in [3.05, 3.63) is 52.1 Å². The van der Waals surface area contributed by atoms with E-state index in [0.29, 0.717) is 17.9 Å². The number of phenols is 1. The van der Waals surface area contributed by atoms with Crippen LogP contribution in [-0.2, 0) is 16.0 Å². The van der Waals surface area contributed by atoms with Gasteiger partial charge in [-0.1, -0.05) is 12.1 Å². The Morgan fingerprint density at radius 3 is 2.04 bits per heavy atom. The van der Waals surface area contributed by atoms with E-state index in [2.05, 4.69) is 5.32 Å². The Balaban J connectivity index is 2.28. The van der Waals surface area contributed by atoms with E-state index in [4.69, 9.17) is 9.47 Å². The van der Waals surface area contributed by atoms with Crippen LogP contribution < -0.4 is 10.1 Å². The Morgan fingerprint density at radius 2 is 1.58 bits per heavy atom. The molecule has 0 saturated heterocycles. The average Bonchev–Trinajstić information content (AvgIpc) is 2.59. The normalized spacial score (nSPS) is 11.9. The van der Waals surface area contributed by atoms with Crippen LogP contribution in [0.3, 0.4) is 0 Å². The number of likely N-dealkylation sites (N-methyl/N-ethyl adjacent to an activating group) is 1. The lowest BCUT2D eigenvalue weighted by Gasteiger charge is -2.17. The van der Waals surface area contributed by atoms with Gasteiger partial charge >= 0.3 is 5.97 Å². The summed E-state index contributed by atoms with van der Waals surface area (Å²) >= 11 is 0. The molecule has 26 heavy (non-hydrogen) atoms. The lowest BCUT2D eigenvalue weighted by Crippen LogP contribution is -2.36. The van der Waals surface area contributed by atoms with Crippen molar-refractivity contribution in [3.63, 3.8) is 0 Å². The largest absolute Gasteiger partial charge is 0.507 e. The maximum atomic E-state index is 11.8. The molecule has 0 saturated carbocycles. The molecule has 0 aromatic heterocycles. The number of carbonyl (C=O) groups excluding carboxylic acids is 1. The summed E-state index contributed by atoms with van der Waals surface area (Å²) < 4.78 is 10.9. The van der Waals surface area contributed by atoms with Gasteiger partial charge in [0.15, 0.2) is 0 Å². The average molecular weight is 357 g/mol. The molecule has 140 valence electrons. The minimum absolute atomic E-state index is 0.279. The molecular formula is C21H27NO4. The maximum absolute atomic E-state index is 11.8. The zero-order chi connectivity index (χ0) is 19.4. The Kier molecular flexibility index (Phi) is 6.27. The maximum Gasteiger partial charge on any atom is 0.323 e. The van der Waals surface area contributed by atoms with Crippen molar-refractivity contribution in [1.29, 1.82) is 0 Å². The number of hydrogen-bond donors (Lipinski definition) is 2. The van der Waals surface area contributed by atoms with Crippen molar-refractivity contribution in [1.82, 2.24) is 5.32 Å². The third-order valence-electron chi connectivity index (χ3n) is 4.48. The fraction of sp³-hybridized carbons (Fsp3) is 0.381. The van der Waals surface area contributed by atoms with Gasteiger partial charge in [-0.15, -0.1) is 0 Å². The van der Waals surface area contributed by atoms with E-state index in [-0.39, 0.29) is 12.0 Å². The number of methoxy groups -OCH3 is 1. The molecule has 2 rings (SSSR count). The summed E-state index contributed by atoms with van der Waals surface area (Å²) in [5.41, 5.74) is 4.57. The predicted octanol–water partition coefficient (Wildman–Crippen LogP) is 3.72. The predicted molar refractivity (Wildman–Crippen MR) is 102 cm³/mol. The van der Waals surface area contributed by atoms with E-state index < -0.39 is 0 Å². The highest BCUT2D eigenvalue weighted by Crippen LogP contribution is 2.34. The van der Waals surface area contributed by atoms with E-state index in [1.54, 1.807) is 7.05 Å². The molecule has 1 unspecified atom stereocenters. The zero-order valence-corrected chi connectivity index (χ0v) is 16.3. The van der Waals surface area contributed by atoms with Crippen molar-refractivity contribution < 1.29 is 19.4 Å². The van der Waals surface area contributed by atoms with Crippen LogP contribution in [-0.4, -0.2) is 31.3 Å². The second kappa shape index (κ2) is 8.23. The van der Waals surface area contributed by atoms with E-state index in [1.165, 1.54) is 7.11 Å². The lowest BCUT2D eigenvalue weighted by molar-refractivity contribution is -0.142. The summed E-state index contributed by atoms with van der Waals surface area (Å²) in [6.07, 6.45) is 0.544. The van der Waals surface area contributed by atoms with Crippen molar-refractivity contribution in [2.45, 2.75) is 40.2 Å². The SMILES string of the molecule is CNC(Cc1cc(C)c(Oc2cc(C)c(O)c(C)c2)c(C)c1)C(=O)OC. The molecule has 0 fully saturated rings. The topological polar surface area (TPSA) is 67.8 Å². The number of phenolic OH excluding ortho intramolecular Hbond substituents is 1. The number of hydrogen-bond acceptors (Lipinski definition) is 5. The molecule has 0 heterocycles. The molecule has 0 bridgehead atoms. The van der Waals surface area contributed by atoms with Gasteiger partial charge in [-0.3, -0.25) is 4.79 Å². The second-order valence-corrected chi connectivity index (χ2v) is 6.64. The standard InChI is InChI=1S/C21H27NO4/c1-12-9-17(10-13(2)19(12)23)26-20-14(3)7-16(8-15(20)4)11-18(22-5)21(24)25-6/h7-10,18,22-23H,11H2,1-6H3. The molecule has 0 amide bonds. The van der Waals surface area contributed by atoms with Crippen molar-refractivity contribution in [3.8, 4) is 17.2 Å². The quantitative estimate of drug-likeness (QED) is 0.771. The number of carbonyl (C=O) groups is 1. The molecule has 0 aliphatic heterocycles. The number of aryl methyl sites for hydroxylation is 4. The lowest BCUT2D eigenvalue weighted by atomic mass is 10.00. The number of benzene rings is 2. The molecule has 0 radical (unpaired) electrons. The van der Waals surface area contributed by atoms with Crippen LogP contribution in [0, 0.1) is 27.7 Å². The smallest absolute Gasteiger partial charge is 0.323 e. The Morgan fingerprint density at radius 1 is 1.04 bits per heavy atom. The van der Waals surface area contributed by atoms with Crippen LogP contribution in [0.5, 0.6) is 17.2 Å². The summed E-state index contributed by atoms with van der Waals surface area (Å²) in [7, 11) is 3.13. The Bertz CT molecular complexity index is 768. The molecular weight excluding hydrogens is 330 g/mol. The van der Waals surface area contributed by atoms with Crippen LogP contribution in [0.2, 0.25) is 0 Å². The van der Waals surface area contributed by atoms with Crippen molar-refractivity contribution in [2.24, 2.45) is 0 Å². The van der Waals surface area contributed by atoms with Crippen LogP contribution in [0.1, 0.15) is 27.8 Å². The summed E-state index contributed by atoms with van der Waals surface area (Å²) in [6.45, 7) is 7.67. The van der Waals surface area contributed by atoms with Crippen LogP contribution >= 0.6 is 0 Å². The fourth-order valence-corrected chi connectivity index (χ4v) is 3.09. The first-order valence-corrected chi connectivity index (χ1v) is 8.60. The third-order valence-corrected chi connectivity index (χ3v) is 4.48. The van der Waals surface area contributed by atoms with E-state index in [0.717, 1.165) is 33.6 Å². The van der Waals surface area contributed by atoms with Gasteiger partial charge in [-0.05, 0) is 81.1 Å². The first kappa shape index (κ1) is 19.8. The highest BCUT2D eigenvalue weighted by molar-refractivity contribution is 5.76. The van der Waals surface area contributed by atoms with Gasteiger partial charge < -0.3 is 19.9 Å². The van der Waals surface area contributed by atoms with E-state index in [1.807, 2.05) is 52.0 Å². The highest BCUT2D eigenvalue weighted by atomic mass is 16.5. The highest BCUT2D eigenvalue weighted by Gasteiger charge is 2.18. The van der Waals surface area contributed by atoms with Gasteiger partial charge in [0.25, 0.3) is 0 Å². The van der Waals surface area contributed by atoms with Crippen LogP contribution in [0.4, 0.5) is 0 Å². The van der Waals surface area contributed by atoms with Crippen LogP contribution in [0.15, 0.2) is 24.3 Å². The molecule has 2 aromatic carbocycles.